The molecular weight excluding hydrogens is 685 g/mol. The molecule has 22 heteroatoms. The molecule has 0 spiro atoms. The van der Waals surface area contributed by atoms with Crippen LogP contribution < -0.4 is 10.5 Å². The van der Waals surface area contributed by atoms with Gasteiger partial charge in [-0.25, -0.2) is 0 Å². The number of nitrogens with zero attached hydrogens (tertiary/aromatic N) is 4. The van der Waals surface area contributed by atoms with Gasteiger partial charge in [-0.15, -0.1) is 0 Å². The van der Waals surface area contributed by atoms with Crippen molar-refractivity contribution in [1.82, 2.24) is 29.7 Å². The predicted molar refractivity (Wildman–Crippen MR) is 220 cm³/mol. The van der Waals surface area contributed by atoms with Gasteiger partial charge in [0.25, 0.3) is 10.1 Å². The lowest BCUT2D eigenvalue weighted by molar-refractivity contribution is 0.233. The molecule has 0 aromatic rings. The van der Waals surface area contributed by atoms with Gasteiger partial charge in [0.1, 0.15) is 0 Å². The second kappa shape index (κ2) is 31.0. The van der Waals surface area contributed by atoms with E-state index >= 15 is 0 Å². The van der Waals surface area contributed by atoms with Crippen molar-refractivity contribution in [1.29, 1.82) is 0 Å². The molecule has 0 aromatic heterocycles. The average molecular weight is 760 g/mol. The zero-order valence-corrected chi connectivity index (χ0v) is 34.5. The third-order valence-corrected chi connectivity index (χ3v) is 9.90. The first-order valence-electron chi connectivity index (χ1n) is 19.8. The van der Waals surface area contributed by atoms with Gasteiger partial charge in [0, 0.05) is 0 Å². The monoisotopic (exact) mass is 761 g/mol. The zero-order valence-electron chi connectivity index (χ0n) is 33.7. The first-order valence-corrected chi connectivity index (χ1v) is 21.6. The van der Waals surface area contributed by atoms with Gasteiger partial charge >= 0.3 is 42.3 Å². The van der Waals surface area contributed by atoms with Crippen molar-refractivity contribution in [3.63, 3.8) is 0 Å². The molecule has 0 aliphatic heterocycles. The highest BCUT2D eigenvalue weighted by Crippen LogP contribution is 2.17. The van der Waals surface area contributed by atoms with Crippen LogP contribution in [0.1, 0.15) is 70.6 Å². The zero-order chi connectivity index (χ0) is 39.5. The third-order valence-electron chi connectivity index (χ3n) is 9.31. The fraction of sp³-hybridized carbons (Fsp3) is 1.00. The number of hydrogen-bond acceptors (Lipinski definition) is 15. The maximum atomic E-state index is 11.3. The molecule has 302 valence electrons. The van der Waals surface area contributed by atoms with Crippen molar-refractivity contribution in [2.45, 2.75) is 112 Å². The summed E-state index contributed by atoms with van der Waals surface area (Å²) in [7, 11) is -6.97. The van der Waals surface area contributed by atoms with Crippen LogP contribution in [0.2, 0.25) is 40.9 Å². The summed E-state index contributed by atoms with van der Waals surface area (Å²) < 4.78 is 27.4. The van der Waals surface area contributed by atoms with Crippen LogP contribution in [0.5, 0.6) is 0 Å². The molecule has 0 unspecified atom stereocenters. The Morgan fingerprint density at radius 2 is 0.865 bits per heavy atom. The fourth-order valence-corrected chi connectivity index (χ4v) is 6.70. The second-order valence-corrected chi connectivity index (χ2v) is 16.2. The lowest BCUT2D eigenvalue weighted by Gasteiger charge is -2.33. The molecule has 0 saturated carbocycles. The highest BCUT2D eigenvalue weighted by molar-refractivity contribution is 7.85. The summed E-state index contributed by atoms with van der Waals surface area (Å²) in [6.07, 6.45) is 10.4. The minimum atomic E-state index is -3.44. The van der Waals surface area contributed by atoms with E-state index in [1.165, 1.54) is 0 Å². The second-order valence-electron chi connectivity index (χ2n) is 14.6. The van der Waals surface area contributed by atoms with Crippen molar-refractivity contribution in [2.75, 3.05) is 78.3 Å². The van der Waals surface area contributed by atoms with Gasteiger partial charge in [0.05, 0.1) is 12.9 Å². The van der Waals surface area contributed by atoms with Crippen LogP contribution in [-0.4, -0.2) is 178 Å². The summed E-state index contributed by atoms with van der Waals surface area (Å²) in [4.78, 5) is 8.24. The van der Waals surface area contributed by atoms with Crippen molar-refractivity contribution in [3.8, 4) is 0 Å². The van der Waals surface area contributed by atoms with Gasteiger partial charge in [-0.2, -0.15) is 8.42 Å². The van der Waals surface area contributed by atoms with Crippen LogP contribution in [0.3, 0.4) is 0 Å². The maximum absolute atomic E-state index is 11.3. The Morgan fingerprint density at radius 1 is 0.519 bits per heavy atom. The molecule has 0 atom stereocenters. The molecule has 0 radical (unpaired) electrons. The minimum absolute atomic E-state index is 0.183. The Hall–Kier alpha value is -0.180. The highest BCUT2D eigenvalue weighted by Gasteiger charge is 2.26. The normalized spacial score (nSPS) is 12.2. The summed E-state index contributed by atoms with van der Waals surface area (Å²) in [5.41, 5.74) is 0. The first kappa shape index (κ1) is 51.8. The van der Waals surface area contributed by atoms with Crippen LogP contribution in [0.25, 0.3) is 0 Å². The van der Waals surface area contributed by atoms with Gasteiger partial charge in [-0.1, -0.05) is 19.3 Å². The molecule has 8 N–H and O–H groups in total. The van der Waals surface area contributed by atoms with E-state index < -0.39 is 52.4 Å². The quantitative estimate of drug-likeness (QED) is 0.0239. The van der Waals surface area contributed by atoms with Gasteiger partial charge in [-0.05, 0) is 164 Å². The maximum Gasteiger partial charge on any atom is 0.376 e. The van der Waals surface area contributed by atoms with Crippen LogP contribution in [0.15, 0.2) is 0 Å². The molecular formula is C30H74B6N6O9S. The van der Waals surface area contributed by atoms with E-state index in [9.17, 15) is 38.6 Å². The van der Waals surface area contributed by atoms with Gasteiger partial charge < -0.3 is 59.8 Å². The standard InChI is InChI=1S/C30H74B6N6O9S/c1-31(43)37-19-16-25-39(33(3)45)21-11-13-23-41(35(5)47)28-30(18-10-8-9-15-27-51-52(7,49)50)29-42(36(6)48)24-14-12-22-40(34(4)46)26-17-20-38-32(2)44/h30,37-38,43-48H,8-29H2,1-7H3. The molecule has 0 saturated heterocycles. The SMILES string of the molecule is CB(O)NCCCN(CCCCN(CC(CCCCCCOS(C)(=O)=O)CN(CCCCN(CCCNB(C)O)B(C)O)B(C)O)B(C)O)B(C)O. The molecule has 0 amide bonds. The van der Waals surface area contributed by atoms with Crippen LogP contribution in [-0.2, 0) is 14.3 Å². The Morgan fingerprint density at radius 3 is 1.21 bits per heavy atom. The van der Waals surface area contributed by atoms with E-state index in [4.69, 9.17) is 4.18 Å². The fourth-order valence-electron chi connectivity index (χ4n) is 6.28. The lowest BCUT2D eigenvalue weighted by Crippen LogP contribution is -2.47. The molecule has 0 bridgehead atoms. The highest BCUT2D eigenvalue weighted by atomic mass is 32.2. The summed E-state index contributed by atoms with van der Waals surface area (Å²) in [5.74, 6) is 0.183. The van der Waals surface area contributed by atoms with Crippen LogP contribution in [0, 0.1) is 5.92 Å². The molecule has 0 rings (SSSR count). The number of nitrogens with one attached hydrogen (secondary N) is 2. The summed E-state index contributed by atoms with van der Waals surface area (Å²) in [6, 6.07) is 0. The number of hydrogen-bond donors (Lipinski definition) is 8. The number of rotatable bonds is 36. The minimum Gasteiger partial charge on any atom is -0.437 e. The third kappa shape index (κ3) is 30.1. The Kier molecular flexibility index (Phi) is 30.9. The smallest absolute Gasteiger partial charge is 0.376 e. The van der Waals surface area contributed by atoms with Crippen molar-refractivity contribution >= 4 is 52.4 Å². The molecule has 0 aromatic carbocycles. The summed E-state index contributed by atoms with van der Waals surface area (Å²) >= 11 is 0. The van der Waals surface area contributed by atoms with Crippen molar-refractivity contribution < 1.29 is 42.7 Å². The van der Waals surface area contributed by atoms with Gasteiger partial charge in [0.2, 0.25) is 0 Å². The topological polar surface area (TPSA) is 202 Å². The Balaban J connectivity index is 5.28. The molecule has 0 heterocycles. The van der Waals surface area contributed by atoms with E-state index in [1.807, 2.05) is 9.62 Å². The largest absolute Gasteiger partial charge is 0.437 e. The van der Waals surface area contributed by atoms with E-state index in [1.54, 1.807) is 40.9 Å². The van der Waals surface area contributed by atoms with E-state index in [0.717, 1.165) is 83.6 Å². The predicted octanol–water partition coefficient (Wildman–Crippen LogP) is -0.0811. The van der Waals surface area contributed by atoms with E-state index in [2.05, 4.69) is 20.1 Å². The molecule has 52 heavy (non-hydrogen) atoms. The Labute approximate surface area is 319 Å². The Bertz CT molecular complexity index is 905. The average Bonchev–Trinajstić information content (AvgIpc) is 3.03. The summed E-state index contributed by atoms with van der Waals surface area (Å²) in [6.45, 7) is 17.6. The molecule has 0 aliphatic rings. The van der Waals surface area contributed by atoms with E-state index in [0.29, 0.717) is 58.8 Å². The molecule has 0 aliphatic carbocycles. The van der Waals surface area contributed by atoms with Crippen molar-refractivity contribution in [3.05, 3.63) is 0 Å². The number of unbranched alkanes of at least 4 members (excludes halogenated alkanes) is 5. The van der Waals surface area contributed by atoms with Gasteiger partial charge in [-0.3, -0.25) is 4.18 Å². The summed E-state index contributed by atoms with van der Waals surface area (Å²) in [5, 5.41) is 66.9. The van der Waals surface area contributed by atoms with Crippen molar-refractivity contribution in [2.24, 2.45) is 5.92 Å². The first-order chi connectivity index (χ1) is 24.4. The van der Waals surface area contributed by atoms with Crippen LogP contribution in [0.4, 0.5) is 0 Å². The molecule has 0 fully saturated rings. The molecule has 15 nitrogen and oxygen atoms in total. The van der Waals surface area contributed by atoms with E-state index in [-0.39, 0.29) is 12.5 Å². The lowest BCUT2D eigenvalue weighted by atomic mass is 9.80. The van der Waals surface area contributed by atoms with Gasteiger partial charge in [0.15, 0.2) is 0 Å². The van der Waals surface area contributed by atoms with Crippen LogP contribution >= 0.6 is 0 Å².